The van der Waals surface area contributed by atoms with Crippen LogP contribution in [0.4, 0.5) is 5.69 Å². The van der Waals surface area contributed by atoms with E-state index in [1.807, 2.05) is 0 Å². The third kappa shape index (κ3) is 1.76. The summed E-state index contributed by atoms with van der Waals surface area (Å²) in [5.74, 6) is -1.45. The van der Waals surface area contributed by atoms with Crippen LogP contribution in [0.5, 0.6) is 0 Å². The van der Waals surface area contributed by atoms with Gasteiger partial charge in [-0.15, -0.1) is 0 Å². The van der Waals surface area contributed by atoms with Crippen molar-refractivity contribution < 1.29 is 14.3 Å². The first-order valence-corrected chi connectivity index (χ1v) is 5.12. The van der Waals surface area contributed by atoms with E-state index in [2.05, 4.69) is 10.3 Å². The number of hydrogen-bond acceptors (Lipinski definition) is 5. The Morgan fingerprint density at radius 2 is 2.50 bits per heavy atom. The first kappa shape index (κ1) is 10.6. The van der Waals surface area contributed by atoms with Crippen molar-refractivity contribution in [1.29, 1.82) is 0 Å². The minimum Gasteiger partial charge on any atom is -0.465 e. The van der Waals surface area contributed by atoms with Crippen molar-refractivity contribution in [2.24, 2.45) is 5.92 Å². The van der Waals surface area contributed by atoms with Gasteiger partial charge in [-0.25, -0.2) is 0 Å². The Kier molecular flexibility index (Phi) is 2.85. The molecule has 0 fully saturated rings. The SMILES string of the molecule is CCOC(=O)C1CNc2ccncc2C1=O. The van der Waals surface area contributed by atoms with Gasteiger partial charge in [-0.3, -0.25) is 14.6 Å². The Bertz CT molecular complexity index is 431. The summed E-state index contributed by atoms with van der Waals surface area (Å²) < 4.78 is 4.85. The Morgan fingerprint density at radius 3 is 3.25 bits per heavy atom. The minimum absolute atomic E-state index is 0.222. The summed E-state index contributed by atoms with van der Waals surface area (Å²) in [6.45, 7) is 2.28. The van der Waals surface area contributed by atoms with Crippen molar-refractivity contribution in [3.8, 4) is 0 Å². The predicted molar refractivity (Wildman–Crippen MR) is 57.2 cm³/mol. The average Bonchev–Trinajstić information content (AvgIpc) is 2.30. The van der Waals surface area contributed by atoms with Gasteiger partial charge in [0, 0.05) is 24.6 Å². The number of anilines is 1. The molecule has 0 aromatic carbocycles. The van der Waals surface area contributed by atoms with Gasteiger partial charge in [0.05, 0.1) is 12.2 Å². The molecule has 16 heavy (non-hydrogen) atoms. The van der Waals surface area contributed by atoms with Gasteiger partial charge in [-0.05, 0) is 13.0 Å². The number of carbonyl (C=O) groups excluding carboxylic acids is 2. The number of hydrogen-bond donors (Lipinski definition) is 1. The maximum atomic E-state index is 12.0. The summed E-state index contributed by atoms with van der Waals surface area (Å²) >= 11 is 0. The molecule has 1 N–H and O–H groups in total. The number of esters is 1. The molecule has 2 heterocycles. The van der Waals surface area contributed by atoms with E-state index in [1.165, 1.54) is 6.20 Å². The van der Waals surface area contributed by atoms with Crippen molar-refractivity contribution in [2.75, 3.05) is 18.5 Å². The fraction of sp³-hybridized carbons (Fsp3) is 0.364. The normalized spacial score (nSPS) is 18.6. The zero-order valence-electron chi connectivity index (χ0n) is 8.90. The van der Waals surface area contributed by atoms with Crippen LogP contribution in [0.1, 0.15) is 17.3 Å². The van der Waals surface area contributed by atoms with Gasteiger partial charge in [0.15, 0.2) is 5.78 Å². The number of pyridine rings is 1. The van der Waals surface area contributed by atoms with Gasteiger partial charge in [0.2, 0.25) is 0 Å². The van der Waals surface area contributed by atoms with Crippen LogP contribution in [0.15, 0.2) is 18.5 Å². The summed E-state index contributed by atoms with van der Waals surface area (Å²) in [4.78, 5) is 27.3. The molecule has 1 atom stereocenters. The number of ether oxygens (including phenoxy) is 1. The molecular weight excluding hydrogens is 208 g/mol. The highest BCUT2D eigenvalue weighted by Crippen LogP contribution is 2.24. The van der Waals surface area contributed by atoms with Crippen molar-refractivity contribution in [2.45, 2.75) is 6.92 Å². The number of ketones is 1. The molecule has 0 bridgehead atoms. The standard InChI is InChI=1S/C11H12N2O3/c1-2-16-11(15)8-6-13-9-3-4-12-5-7(9)10(8)14/h3-5,8,13H,2,6H2,1H3. The van der Waals surface area contributed by atoms with Gasteiger partial charge >= 0.3 is 5.97 Å². The summed E-state index contributed by atoms with van der Waals surface area (Å²) in [5, 5.41) is 3.02. The Hall–Kier alpha value is -1.91. The highest BCUT2D eigenvalue weighted by molar-refractivity contribution is 6.13. The lowest BCUT2D eigenvalue weighted by Crippen LogP contribution is -2.36. The van der Waals surface area contributed by atoms with E-state index in [0.717, 1.165) is 5.69 Å². The van der Waals surface area contributed by atoms with Gasteiger partial charge in [0.25, 0.3) is 0 Å². The van der Waals surface area contributed by atoms with Gasteiger partial charge in [-0.2, -0.15) is 0 Å². The van der Waals surface area contributed by atoms with Gasteiger partial charge in [-0.1, -0.05) is 0 Å². The maximum Gasteiger partial charge on any atom is 0.318 e. The van der Waals surface area contributed by atoms with Crippen molar-refractivity contribution >= 4 is 17.4 Å². The second-order valence-corrected chi connectivity index (χ2v) is 3.47. The molecule has 1 unspecified atom stereocenters. The lowest BCUT2D eigenvalue weighted by molar-refractivity contribution is -0.145. The highest BCUT2D eigenvalue weighted by atomic mass is 16.5. The molecule has 0 saturated carbocycles. The van der Waals surface area contributed by atoms with Crippen molar-refractivity contribution in [1.82, 2.24) is 4.98 Å². The summed E-state index contributed by atoms with van der Waals surface area (Å²) in [7, 11) is 0. The van der Waals surface area contributed by atoms with Crippen LogP contribution < -0.4 is 5.32 Å². The van der Waals surface area contributed by atoms with Crippen LogP contribution in [0.25, 0.3) is 0 Å². The second kappa shape index (κ2) is 4.30. The van der Waals surface area contributed by atoms with Crippen molar-refractivity contribution in [3.63, 3.8) is 0 Å². The van der Waals surface area contributed by atoms with Crippen LogP contribution in [0, 0.1) is 5.92 Å². The number of carbonyl (C=O) groups is 2. The van der Waals surface area contributed by atoms with E-state index in [9.17, 15) is 9.59 Å². The van der Waals surface area contributed by atoms with Crippen LogP contribution in [-0.4, -0.2) is 29.9 Å². The fourth-order valence-corrected chi connectivity index (χ4v) is 1.67. The monoisotopic (exact) mass is 220 g/mol. The smallest absolute Gasteiger partial charge is 0.318 e. The Balaban J connectivity index is 2.24. The zero-order chi connectivity index (χ0) is 11.5. The third-order valence-corrected chi connectivity index (χ3v) is 2.47. The number of fused-ring (bicyclic) bond motifs is 1. The van der Waals surface area contributed by atoms with Crippen LogP contribution in [0.3, 0.4) is 0 Å². The van der Waals surface area contributed by atoms with E-state index in [1.54, 1.807) is 19.2 Å². The van der Waals surface area contributed by atoms with E-state index in [0.29, 0.717) is 5.56 Å². The zero-order valence-corrected chi connectivity index (χ0v) is 8.90. The molecule has 2 rings (SSSR count). The largest absolute Gasteiger partial charge is 0.465 e. The first-order chi connectivity index (χ1) is 7.74. The van der Waals surface area contributed by atoms with Crippen LogP contribution in [0.2, 0.25) is 0 Å². The number of Topliss-reactive ketones (excluding diaryl/α,β-unsaturated/α-hetero) is 1. The van der Waals surface area contributed by atoms with Crippen LogP contribution in [-0.2, 0) is 9.53 Å². The molecule has 1 aromatic rings. The topological polar surface area (TPSA) is 68.3 Å². The Morgan fingerprint density at radius 1 is 1.69 bits per heavy atom. The molecule has 5 nitrogen and oxygen atoms in total. The quantitative estimate of drug-likeness (QED) is 0.591. The van der Waals surface area contributed by atoms with E-state index in [-0.39, 0.29) is 18.9 Å². The summed E-state index contributed by atoms with van der Waals surface area (Å²) in [5.41, 5.74) is 1.17. The van der Waals surface area contributed by atoms with E-state index in [4.69, 9.17) is 4.74 Å². The number of nitrogens with one attached hydrogen (secondary N) is 1. The molecule has 84 valence electrons. The molecule has 1 aliphatic rings. The lowest BCUT2D eigenvalue weighted by Gasteiger charge is -2.22. The van der Waals surface area contributed by atoms with Crippen molar-refractivity contribution in [3.05, 3.63) is 24.0 Å². The number of aromatic nitrogens is 1. The highest BCUT2D eigenvalue weighted by Gasteiger charge is 2.33. The fourth-order valence-electron chi connectivity index (χ4n) is 1.67. The molecule has 0 aliphatic carbocycles. The molecule has 1 aromatic heterocycles. The molecule has 5 heteroatoms. The average molecular weight is 220 g/mol. The third-order valence-electron chi connectivity index (χ3n) is 2.47. The summed E-state index contributed by atoms with van der Waals surface area (Å²) in [6.07, 6.45) is 3.07. The second-order valence-electron chi connectivity index (χ2n) is 3.47. The minimum atomic E-state index is -0.753. The molecule has 0 amide bonds. The predicted octanol–water partition coefficient (Wildman–Crippen LogP) is 0.869. The molecular formula is C11H12N2O3. The first-order valence-electron chi connectivity index (χ1n) is 5.12. The molecule has 0 saturated heterocycles. The summed E-state index contributed by atoms with van der Waals surface area (Å²) in [6, 6.07) is 1.72. The lowest BCUT2D eigenvalue weighted by atomic mass is 9.94. The van der Waals surface area contributed by atoms with Gasteiger partial charge in [0.1, 0.15) is 5.92 Å². The number of rotatable bonds is 2. The van der Waals surface area contributed by atoms with Crippen LogP contribution >= 0.6 is 0 Å². The maximum absolute atomic E-state index is 12.0. The van der Waals surface area contributed by atoms with E-state index < -0.39 is 11.9 Å². The van der Waals surface area contributed by atoms with Gasteiger partial charge < -0.3 is 10.1 Å². The molecule has 0 radical (unpaired) electrons. The Labute approximate surface area is 92.8 Å². The van der Waals surface area contributed by atoms with E-state index >= 15 is 0 Å². The molecule has 1 aliphatic heterocycles. The number of nitrogens with zero attached hydrogens (tertiary/aromatic N) is 1. The molecule has 0 spiro atoms.